The molecule has 1 heteroatoms. The minimum atomic E-state index is 0.999. The SMILES string of the molecule is CC(C)=CCC/C(C)=C/CC/C(C)=C/CC/C(C)=C/CCc1ccco1. The first-order valence-electron chi connectivity index (χ1n) is 10.1. The van der Waals surface area contributed by atoms with Crippen LogP contribution in [-0.2, 0) is 6.42 Å². The lowest BCUT2D eigenvalue weighted by molar-refractivity contribution is 0.510. The van der Waals surface area contributed by atoms with Gasteiger partial charge in [0.25, 0.3) is 0 Å². The summed E-state index contributed by atoms with van der Waals surface area (Å²) in [5.74, 6) is 1.08. The van der Waals surface area contributed by atoms with E-state index in [1.807, 2.05) is 12.1 Å². The molecule has 0 spiro atoms. The highest BCUT2D eigenvalue weighted by Gasteiger charge is 1.95. The lowest BCUT2D eigenvalue weighted by Gasteiger charge is -2.03. The molecule has 0 aliphatic heterocycles. The Morgan fingerprint density at radius 1 is 0.731 bits per heavy atom. The van der Waals surface area contributed by atoms with Crippen molar-refractivity contribution in [1.82, 2.24) is 0 Å². The van der Waals surface area contributed by atoms with Gasteiger partial charge in [-0.2, -0.15) is 0 Å². The van der Waals surface area contributed by atoms with Crippen LogP contribution in [0.3, 0.4) is 0 Å². The Balaban J connectivity index is 2.18. The molecule has 0 N–H and O–H groups in total. The van der Waals surface area contributed by atoms with Gasteiger partial charge in [-0.15, -0.1) is 0 Å². The number of furan rings is 1. The predicted molar refractivity (Wildman–Crippen MR) is 115 cm³/mol. The first-order chi connectivity index (χ1) is 12.5. The summed E-state index contributed by atoms with van der Waals surface area (Å²) in [6.45, 7) is 11.1. The van der Waals surface area contributed by atoms with Crippen molar-refractivity contribution >= 4 is 0 Å². The van der Waals surface area contributed by atoms with E-state index in [1.54, 1.807) is 6.26 Å². The average Bonchev–Trinajstić information content (AvgIpc) is 3.08. The summed E-state index contributed by atoms with van der Waals surface area (Å²) >= 11 is 0. The van der Waals surface area contributed by atoms with E-state index >= 15 is 0 Å². The largest absolute Gasteiger partial charge is 0.469 e. The summed E-state index contributed by atoms with van der Waals surface area (Å²) in [5.41, 5.74) is 5.94. The molecule has 0 aliphatic carbocycles. The molecule has 144 valence electrons. The lowest BCUT2D eigenvalue weighted by atomic mass is 10.0. The van der Waals surface area contributed by atoms with Crippen LogP contribution in [0.5, 0.6) is 0 Å². The van der Waals surface area contributed by atoms with Gasteiger partial charge in [-0.05, 0) is 91.7 Å². The fourth-order valence-corrected chi connectivity index (χ4v) is 2.90. The van der Waals surface area contributed by atoms with Gasteiger partial charge in [0.2, 0.25) is 0 Å². The molecule has 1 nitrogen and oxygen atoms in total. The summed E-state index contributed by atoms with van der Waals surface area (Å²) in [6, 6.07) is 4.01. The van der Waals surface area contributed by atoms with Crippen molar-refractivity contribution in [3.05, 3.63) is 70.8 Å². The maximum atomic E-state index is 5.37. The highest BCUT2D eigenvalue weighted by atomic mass is 16.3. The maximum Gasteiger partial charge on any atom is 0.104 e. The third-order valence-corrected chi connectivity index (χ3v) is 4.62. The molecule has 1 aromatic heterocycles. The van der Waals surface area contributed by atoms with Gasteiger partial charge >= 0.3 is 0 Å². The van der Waals surface area contributed by atoms with E-state index in [4.69, 9.17) is 4.42 Å². The van der Waals surface area contributed by atoms with Crippen LogP contribution in [-0.4, -0.2) is 0 Å². The Morgan fingerprint density at radius 2 is 1.23 bits per heavy atom. The molecule has 0 radical (unpaired) electrons. The number of hydrogen-bond donors (Lipinski definition) is 0. The van der Waals surface area contributed by atoms with Gasteiger partial charge in [-0.1, -0.05) is 46.6 Å². The predicted octanol–water partition coefficient (Wildman–Crippen LogP) is 8.36. The fraction of sp³-hybridized carbons (Fsp3) is 0.520. The third kappa shape index (κ3) is 11.7. The minimum Gasteiger partial charge on any atom is -0.469 e. The monoisotopic (exact) mass is 354 g/mol. The minimum absolute atomic E-state index is 0.999. The van der Waals surface area contributed by atoms with Gasteiger partial charge < -0.3 is 4.42 Å². The zero-order valence-electron chi connectivity index (χ0n) is 17.6. The van der Waals surface area contributed by atoms with Gasteiger partial charge in [0.15, 0.2) is 0 Å². The Bertz CT molecular complexity index is 605. The van der Waals surface area contributed by atoms with Gasteiger partial charge in [-0.25, -0.2) is 0 Å². The molecule has 0 aromatic carbocycles. The molecule has 0 fully saturated rings. The zero-order chi connectivity index (χ0) is 19.2. The molecular formula is C25H38O. The summed E-state index contributed by atoms with van der Waals surface area (Å²) in [4.78, 5) is 0. The molecule has 0 unspecified atom stereocenters. The Morgan fingerprint density at radius 3 is 1.69 bits per heavy atom. The number of aryl methyl sites for hydroxylation is 1. The van der Waals surface area contributed by atoms with E-state index in [0.29, 0.717) is 0 Å². The van der Waals surface area contributed by atoms with E-state index in [-0.39, 0.29) is 0 Å². The van der Waals surface area contributed by atoms with E-state index in [9.17, 15) is 0 Å². The van der Waals surface area contributed by atoms with E-state index in [0.717, 1.165) is 31.4 Å². The topological polar surface area (TPSA) is 13.1 Å². The van der Waals surface area contributed by atoms with E-state index in [1.165, 1.54) is 48.0 Å². The van der Waals surface area contributed by atoms with Crippen molar-refractivity contribution in [3.63, 3.8) is 0 Å². The normalized spacial score (nSPS) is 13.2. The summed E-state index contributed by atoms with van der Waals surface area (Å²) in [6.07, 6.45) is 20.3. The zero-order valence-corrected chi connectivity index (χ0v) is 17.6. The van der Waals surface area contributed by atoms with Crippen LogP contribution < -0.4 is 0 Å². The average molecular weight is 355 g/mol. The quantitative estimate of drug-likeness (QED) is 0.344. The first kappa shape index (κ1) is 22.3. The van der Waals surface area contributed by atoms with Crippen LogP contribution in [0.25, 0.3) is 0 Å². The second-order valence-electron chi connectivity index (χ2n) is 7.67. The van der Waals surface area contributed by atoms with Crippen molar-refractivity contribution < 1.29 is 4.42 Å². The second kappa shape index (κ2) is 13.4. The van der Waals surface area contributed by atoms with Gasteiger partial charge in [0, 0.05) is 6.42 Å². The van der Waals surface area contributed by atoms with Gasteiger partial charge in [0.05, 0.1) is 6.26 Å². The van der Waals surface area contributed by atoms with Crippen LogP contribution in [0.4, 0.5) is 0 Å². The standard InChI is InChI=1S/C25H38O/c1-21(2)11-6-12-22(3)13-7-14-23(4)15-8-16-24(5)17-9-18-25-19-10-20-26-25/h10-11,13,15,17,19-20H,6-9,12,14,16,18H2,1-5H3/b22-13+,23-15+,24-17+. The van der Waals surface area contributed by atoms with Gasteiger partial charge in [-0.3, -0.25) is 0 Å². The van der Waals surface area contributed by atoms with Crippen LogP contribution in [0.2, 0.25) is 0 Å². The van der Waals surface area contributed by atoms with Crippen molar-refractivity contribution in [2.45, 2.75) is 86.0 Å². The summed E-state index contributed by atoms with van der Waals surface area (Å²) < 4.78 is 5.37. The molecule has 0 aliphatic rings. The van der Waals surface area contributed by atoms with Crippen LogP contribution in [0.1, 0.15) is 85.3 Å². The van der Waals surface area contributed by atoms with Crippen LogP contribution in [0.15, 0.2) is 69.4 Å². The number of hydrogen-bond acceptors (Lipinski definition) is 1. The third-order valence-electron chi connectivity index (χ3n) is 4.62. The molecule has 0 amide bonds. The van der Waals surface area contributed by atoms with Crippen LogP contribution >= 0.6 is 0 Å². The molecule has 1 rings (SSSR count). The first-order valence-corrected chi connectivity index (χ1v) is 10.1. The molecule has 0 atom stereocenters. The summed E-state index contributed by atoms with van der Waals surface area (Å²) in [5, 5.41) is 0. The molecule has 26 heavy (non-hydrogen) atoms. The summed E-state index contributed by atoms with van der Waals surface area (Å²) in [7, 11) is 0. The van der Waals surface area contributed by atoms with Gasteiger partial charge in [0.1, 0.15) is 5.76 Å². The molecule has 0 saturated heterocycles. The van der Waals surface area contributed by atoms with E-state index < -0.39 is 0 Å². The maximum absolute atomic E-state index is 5.37. The Kier molecular flexibility index (Phi) is 11.5. The van der Waals surface area contributed by atoms with Crippen molar-refractivity contribution in [2.75, 3.05) is 0 Å². The smallest absolute Gasteiger partial charge is 0.104 e. The molecule has 1 heterocycles. The molecular weight excluding hydrogens is 316 g/mol. The van der Waals surface area contributed by atoms with Crippen molar-refractivity contribution in [2.24, 2.45) is 0 Å². The molecule has 0 saturated carbocycles. The van der Waals surface area contributed by atoms with E-state index in [2.05, 4.69) is 58.9 Å². The highest BCUT2D eigenvalue weighted by Crippen LogP contribution is 2.14. The Hall–Kier alpha value is -1.76. The fourth-order valence-electron chi connectivity index (χ4n) is 2.90. The van der Waals surface area contributed by atoms with Crippen LogP contribution in [0, 0.1) is 0 Å². The lowest BCUT2D eigenvalue weighted by Crippen LogP contribution is -1.83. The molecule has 0 bridgehead atoms. The number of rotatable bonds is 12. The molecule has 1 aromatic rings. The van der Waals surface area contributed by atoms with Crippen molar-refractivity contribution in [1.29, 1.82) is 0 Å². The second-order valence-corrected chi connectivity index (χ2v) is 7.67. The highest BCUT2D eigenvalue weighted by molar-refractivity contribution is 5.07. The number of allylic oxidation sites excluding steroid dienone is 8. The van der Waals surface area contributed by atoms with Crippen molar-refractivity contribution in [3.8, 4) is 0 Å². The Labute approximate surface area is 161 Å².